The second-order valence-corrected chi connectivity index (χ2v) is 5.34. The lowest BCUT2D eigenvalue weighted by Crippen LogP contribution is -2.37. The van der Waals surface area contributed by atoms with E-state index in [1.54, 1.807) is 21.1 Å². The average molecular weight is 277 g/mol. The molecular formula is C16H23NO3. The number of amides is 1. The van der Waals surface area contributed by atoms with Gasteiger partial charge < -0.3 is 14.4 Å². The van der Waals surface area contributed by atoms with Crippen molar-refractivity contribution in [1.29, 1.82) is 0 Å². The number of rotatable bonds is 4. The van der Waals surface area contributed by atoms with Gasteiger partial charge in [0.15, 0.2) is 11.5 Å². The van der Waals surface area contributed by atoms with Crippen LogP contribution in [0.15, 0.2) is 18.2 Å². The van der Waals surface area contributed by atoms with Gasteiger partial charge in [0.1, 0.15) is 0 Å². The van der Waals surface area contributed by atoms with Crippen LogP contribution in [0.2, 0.25) is 0 Å². The summed E-state index contributed by atoms with van der Waals surface area (Å²) in [7, 11) is 3.31. The van der Waals surface area contributed by atoms with Gasteiger partial charge in [0.05, 0.1) is 14.2 Å². The number of carbonyl (C=O) groups excluding carboxylic acids is 1. The lowest BCUT2D eigenvalue weighted by atomic mass is 9.90. The number of hydrogen-bond acceptors (Lipinski definition) is 3. The van der Waals surface area contributed by atoms with Crippen LogP contribution in [0.3, 0.4) is 0 Å². The summed E-state index contributed by atoms with van der Waals surface area (Å²) < 4.78 is 10.6. The van der Waals surface area contributed by atoms with Crippen molar-refractivity contribution in [1.82, 2.24) is 4.90 Å². The van der Waals surface area contributed by atoms with Crippen LogP contribution < -0.4 is 9.47 Å². The molecule has 0 atom stereocenters. The van der Waals surface area contributed by atoms with Crippen LogP contribution in [0.5, 0.6) is 11.5 Å². The number of hydrogen-bond donors (Lipinski definition) is 0. The van der Waals surface area contributed by atoms with E-state index in [9.17, 15) is 4.79 Å². The summed E-state index contributed by atoms with van der Waals surface area (Å²) in [6.45, 7) is 3.41. The Kier molecular flexibility index (Phi) is 4.88. The number of likely N-dealkylation sites (tertiary alicyclic amines) is 1. The monoisotopic (exact) mass is 277 g/mol. The van der Waals surface area contributed by atoms with Gasteiger partial charge in [-0.15, -0.1) is 0 Å². The van der Waals surface area contributed by atoms with Crippen molar-refractivity contribution in [2.45, 2.75) is 26.2 Å². The number of carbonyl (C=O) groups is 1. The molecule has 0 unspecified atom stereocenters. The van der Waals surface area contributed by atoms with Gasteiger partial charge in [-0.05, 0) is 42.9 Å². The fraction of sp³-hybridized carbons (Fsp3) is 0.562. The van der Waals surface area contributed by atoms with E-state index >= 15 is 0 Å². The molecular weight excluding hydrogens is 254 g/mol. The van der Waals surface area contributed by atoms with Gasteiger partial charge in [0, 0.05) is 20.0 Å². The predicted molar refractivity (Wildman–Crippen MR) is 78.2 cm³/mol. The zero-order chi connectivity index (χ0) is 14.5. The van der Waals surface area contributed by atoms with Gasteiger partial charge in [-0.2, -0.15) is 0 Å². The number of benzene rings is 1. The molecule has 0 radical (unpaired) electrons. The molecule has 0 aromatic heterocycles. The Morgan fingerprint density at radius 3 is 2.40 bits per heavy atom. The van der Waals surface area contributed by atoms with Crippen LogP contribution in [-0.4, -0.2) is 38.1 Å². The van der Waals surface area contributed by atoms with Gasteiger partial charge in [0.2, 0.25) is 5.91 Å². The summed E-state index contributed by atoms with van der Waals surface area (Å²) in [6, 6.07) is 6.10. The van der Waals surface area contributed by atoms with E-state index in [4.69, 9.17) is 9.47 Å². The Morgan fingerprint density at radius 1 is 1.20 bits per heavy atom. The second kappa shape index (κ2) is 6.64. The molecule has 2 rings (SSSR count). The van der Waals surface area contributed by atoms with Crippen LogP contribution in [0.4, 0.5) is 0 Å². The summed E-state index contributed by atoms with van der Waals surface area (Å²) in [5.74, 6) is 2.38. The van der Waals surface area contributed by atoms with E-state index in [0.29, 0.717) is 5.92 Å². The van der Waals surface area contributed by atoms with Gasteiger partial charge in [-0.25, -0.2) is 0 Å². The largest absolute Gasteiger partial charge is 0.493 e. The number of piperidine rings is 1. The molecule has 1 amide bonds. The normalized spacial score (nSPS) is 16.1. The van der Waals surface area contributed by atoms with Crippen molar-refractivity contribution in [2.75, 3.05) is 27.3 Å². The zero-order valence-corrected chi connectivity index (χ0v) is 12.5. The first-order valence-electron chi connectivity index (χ1n) is 7.10. The highest BCUT2D eigenvalue weighted by Crippen LogP contribution is 2.30. The van der Waals surface area contributed by atoms with Crippen molar-refractivity contribution in [2.24, 2.45) is 5.92 Å². The Morgan fingerprint density at radius 2 is 1.85 bits per heavy atom. The summed E-state index contributed by atoms with van der Waals surface area (Å²) in [6.07, 6.45) is 3.19. The highest BCUT2D eigenvalue weighted by atomic mass is 16.5. The Labute approximate surface area is 120 Å². The molecule has 1 aromatic rings. The molecule has 20 heavy (non-hydrogen) atoms. The number of nitrogens with zero attached hydrogens (tertiary/aromatic N) is 1. The van der Waals surface area contributed by atoms with E-state index in [2.05, 4.69) is 12.1 Å². The summed E-state index contributed by atoms with van der Waals surface area (Å²) in [4.78, 5) is 13.2. The maximum absolute atomic E-state index is 11.3. The quantitative estimate of drug-likeness (QED) is 0.849. The van der Waals surface area contributed by atoms with Crippen molar-refractivity contribution in [3.05, 3.63) is 23.8 Å². The van der Waals surface area contributed by atoms with Crippen LogP contribution in [0.25, 0.3) is 0 Å². The Hall–Kier alpha value is -1.71. The Bertz CT molecular complexity index is 465. The maximum Gasteiger partial charge on any atom is 0.219 e. The van der Waals surface area contributed by atoms with Crippen molar-refractivity contribution in [3.63, 3.8) is 0 Å². The first kappa shape index (κ1) is 14.7. The maximum atomic E-state index is 11.3. The SMILES string of the molecule is COc1ccc(CC2CCN(C(C)=O)CC2)cc1OC. The molecule has 0 N–H and O–H groups in total. The van der Waals surface area contributed by atoms with Crippen LogP contribution in [0.1, 0.15) is 25.3 Å². The fourth-order valence-corrected chi connectivity index (χ4v) is 2.79. The van der Waals surface area contributed by atoms with E-state index in [0.717, 1.165) is 43.9 Å². The molecule has 1 saturated heterocycles. The highest BCUT2D eigenvalue weighted by molar-refractivity contribution is 5.73. The van der Waals surface area contributed by atoms with Crippen LogP contribution in [0, 0.1) is 5.92 Å². The molecule has 4 heteroatoms. The molecule has 0 saturated carbocycles. The first-order chi connectivity index (χ1) is 9.63. The van der Waals surface area contributed by atoms with Gasteiger partial charge in [-0.1, -0.05) is 6.07 Å². The van der Waals surface area contributed by atoms with E-state index < -0.39 is 0 Å². The van der Waals surface area contributed by atoms with E-state index in [-0.39, 0.29) is 5.91 Å². The van der Waals surface area contributed by atoms with E-state index in [1.165, 1.54) is 5.56 Å². The minimum absolute atomic E-state index is 0.189. The predicted octanol–water partition coefficient (Wildman–Crippen LogP) is 2.50. The lowest BCUT2D eigenvalue weighted by Gasteiger charge is -2.31. The standard InChI is InChI=1S/C16H23NO3/c1-12(18)17-8-6-13(7-9-17)10-14-4-5-15(19-2)16(11-14)20-3/h4-5,11,13H,6-10H2,1-3H3. The van der Waals surface area contributed by atoms with Crippen LogP contribution >= 0.6 is 0 Å². The third kappa shape index (κ3) is 3.44. The van der Waals surface area contributed by atoms with Crippen molar-refractivity contribution >= 4 is 5.91 Å². The minimum Gasteiger partial charge on any atom is -0.493 e. The topological polar surface area (TPSA) is 38.8 Å². The molecule has 0 spiro atoms. The second-order valence-electron chi connectivity index (χ2n) is 5.34. The third-order valence-corrected chi connectivity index (χ3v) is 4.03. The van der Waals surface area contributed by atoms with Gasteiger partial charge in [-0.3, -0.25) is 4.79 Å². The molecule has 1 aromatic carbocycles. The highest BCUT2D eigenvalue weighted by Gasteiger charge is 2.21. The molecule has 1 fully saturated rings. The number of methoxy groups -OCH3 is 2. The van der Waals surface area contributed by atoms with Crippen molar-refractivity contribution < 1.29 is 14.3 Å². The van der Waals surface area contributed by atoms with Gasteiger partial charge >= 0.3 is 0 Å². The van der Waals surface area contributed by atoms with Gasteiger partial charge in [0.25, 0.3) is 0 Å². The fourth-order valence-electron chi connectivity index (χ4n) is 2.79. The van der Waals surface area contributed by atoms with Crippen LogP contribution in [-0.2, 0) is 11.2 Å². The average Bonchev–Trinajstić information content (AvgIpc) is 2.47. The molecule has 110 valence electrons. The third-order valence-electron chi connectivity index (χ3n) is 4.03. The smallest absolute Gasteiger partial charge is 0.219 e. The van der Waals surface area contributed by atoms with Crippen molar-refractivity contribution in [3.8, 4) is 11.5 Å². The molecule has 1 aliphatic rings. The molecule has 1 aliphatic heterocycles. The van der Waals surface area contributed by atoms with E-state index in [1.807, 2.05) is 11.0 Å². The Balaban J connectivity index is 1.96. The summed E-state index contributed by atoms with van der Waals surface area (Å²) in [5.41, 5.74) is 1.27. The number of ether oxygens (including phenoxy) is 2. The zero-order valence-electron chi connectivity index (χ0n) is 12.5. The summed E-state index contributed by atoms with van der Waals surface area (Å²) >= 11 is 0. The molecule has 0 bridgehead atoms. The molecule has 0 aliphatic carbocycles. The lowest BCUT2D eigenvalue weighted by molar-refractivity contribution is -0.130. The minimum atomic E-state index is 0.189. The first-order valence-corrected chi connectivity index (χ1v) is 7.10. The molecule has 4 nitrogen and oxygen atoms in total. The summed E-state index contributed by atoms with van der Waals surface area (Å²) in [5, 5.41) is 0. The molecule has 1 heterocycles.